The van der Waals surface area contributed by atoms with Crippen molar-refractivity contribution in [2.45, 2.75) is 59.6 Å². The first kappa shape index (κ1) is 19.1. The summed E-state index contributed by atoms with van der Waals surface area (Å²) in [5, 5.41) is 4.33. The zero-order valence-electron chi connectivity index (χ0n) is 15.8. The van der Waals surface area contributed by atoms with Gasteiger partial charge in [-0.25, -0.2) is 4.79 Å². The van der Waals surface area contributed by atoms with E-state index in [4.69, 9.17) is 4.74 Å². The van der Waals surface area contributed by atoms with Crippen LogP contribution in [0.15, 0.2) is 6.07 Å². The molecule has 138 valence electrons. The van der Waals surface area contributed by atoms with E-state index in [9.17, 15) is 14.4 Å². The first-order chi connectivity index (χ1) is 11.5. The highest BCUT2D eigenvalue weighted by Crippen LogP contribution is 2.23. The van der Waals surface area contributed by atoms with Crippen molar-refractivity contribution in [2.75, 3.05) is 13.1 Å². The molecule has 2 unspecified atom stereocenters. The number of hydrogen-bond donors (Lipinski definition) is 0. The highest BCUT2D eigenvalue weighted by molar-refractivity contribution is 6.05. The molecule has 1 aromatic heterocycles. The van der Waals surface area contributed by atoms with Crippen LogP contribution in [0.2, 0.25) is 0 Å². The second-order valence-corrected chi connectivity index (χ2v) is 7.65. The van der Waals surface area contributed by atoms with E-state index in [0.717, 1.165) is 11.4 Å². The third kappa shape index (κ3) is 4.46. The van der Waals surface area contributed by atoms with Crippen LogP contribution in [0, 0.1) is 19.8 Å². The Morgan fingerprint density at radius 2 is 1.96 bits per heavy atom. The Morgan fingerprint density at radius 3 is 2.48 bits per heavy atom. The monoisotopic (exact) mass is 349 g/mol. The molecule has 1 aliphatic rings. The smallest absolute Gasteiger partial charge is 0.410 e. The fraction of sp³-hybridized carbons (Fsp3) is 0.667. The lowest BCUT2D eigenvalue weighted by atomic mass is 9.89. The third-order valence-electron chi connectivity index (χ3n) is 4.24. The van der Waals surface area contributed by atoms with Crippen molar-refractivity contribution in [1.29, 1.82) is 0 Å². The molecular formula is C18H27N3O4. The number of Topliss-reactive ketones (excluding diaryl/α,β-unsaturated/α-hetero) is 2. The largest absolute Gasteiger partial charge is 0.444 e. The number of ether oxygens (including phenoxy) is 1. The Bertz CT molecular complexity index is 687. The van der Waals surface area contributed by atoms with Crippen LogP contribution in [0.4, 0.5) is 4.79 Å². The van der Waals surface area contributed by atoms with Crippen molar-refractivity contribution in [2.24, 2.45) is 5.92 Å². The first-order valence-corrected chi connectivity index (χ1v) is 8.56. The number of ketones is 2. The van der Waals surface area contributed by atoms with Crippen LogP contribution in [0.25, 0.3) is 0 Å². The third-order valence-corrected chi connectivity index (χ3v) is 4.24. The van der Waals surface area contributed by atoms with Crippen molar-refractivity contribution in [3.63, 3.8) is 0 Å². The molecule has 0 bridgehead atoms. The van der Waals surface area contributed by atoms with Gasteiger partial charge in [0.05, 0.1) is 11.6 Å². The van der Waals surface area contributed by atoms with E-state index in [1.165, 1.54) is 4.90 Å². The number of aryl methyl sites for hydroxylation is 2. The number of rotatable bonds is 3. The molecule has 2 rings (SSSR count). The van der Waals surface area contributed by atoms with Gasteiger partial charge in [0.2, 0.25) is 0 Å². The van der Waals surface area contributed by atoms with Crippen molar-refractivity contribution in [3.8, 4) is 0 Å². The van der Waals surface area contributed by atoms with Crippen LogP contribution < -0.4 is 0 Å². The number of nitrogens with zero attached hydrogens (tertiary/aromatic N) is 3. The fourth-order valence-electron chi connectivity index (χ4n) is 3.02. The molecule has 0 N–H and O–H groups in total. The van der Waals surface area contributed by atoms with Gasteiger partial charge in [-0.1, -0.05) is 0 Å². The van der Waals surface area contributed by atoms with Crippen molar-refractivity contribution >= 4 is 17.7 Å². The predicted molar refractivity (Wildman–Crippen MR) is 92.3 cm³/mol. The van der Waals surface area contributed by atoms with Crippen LogP contribution in [-0.4, -0.2) is 51.0 Å². The summed E-state index contributed by atoms with van der Waals surface area (Å²) in [6.45, 7) is 11.2. The molecule has 7 nitrogen and oxygen atoms in total. The quantitative estimate of drug-likeness (QED) is 0.783. The average Bonchev–Trinajstić information content (AvgIpc) is 2.83. The van der Waals surface area contributed by atoms with Gasteiger partial charge in [0.25, 0.3) is 0 Å². The molecule has 2 heterocycles. The summed E-state index contributed by atoms with van der Waals surface area (Å²) in [5.74, 6) is -1.18. The summed E-state index contributed by atoms with van der Waals surface area (Å²) < 4.78 is 6.99. The molecule has 1 aliphatic heterocycles. The number of piperidine rings is 1. The Kier molecular flexibility index (Phi) is 5.34. The van der Waals surface area contributed by atoms with E-state index in [0.29, 0.717) is 0 Å². The summed E-state index contributed by atoms with van der Waals surface area (Å²) in [5.41, 5.74) is 1.07. The zero-order valence-corrected chi connectivity index (χ0v) is 15.8. The van der Waals surface area contributed by atoms with E-state index >= 15 is 0 Å². The highest BCUT2D eigenvalue weighted by Gasteiger charge is 2.38. The van der Waals surface area contributed by atoms with E-state index < -0.39 is 23.7 Å². The lowest BCUT2D eigenvalue weighted by molar-refractivity contribution is -0.137. The van der Waals surface area contributed by atoms with Gasteiger partial charge in [-0.2, -0.15) is 5.10 Å². The summed E-state index contributed by atoms with van der Waals surface area (Å²) in [6.07, 6.45) is -0.323. The minimum absolute atomic E-state index is 0.0657. The Balaban J connectivity index is 2.13. The van der Waals surface area contributed by atoms with Crippen molar-refractivity contribution in [3.05, 3.63) is 17.5 Å². The number of amides is 1. The van der Waals surface area contributed by atoms with Crippen molar-refractivity contribution in [1.82, 2.24) is 14.7 Å². The van der Waals surface area contributed by atoms with E-state index in [1.807, 2.05) is 19.9 Å². The van der Waals surface area contributed by atoms with Crippen LogP contribution in [-0.2, 0) is 14.3 Å². The normalized spacial score (nSPS) is 19.7. The number of likely N-dealkylation sites (tertiary alicyclic amines) is 1. The maximum atomic E-state index is 12.9. The SMILES string of the molecule is Cc1cc(C)n(C(C)C(=O)C2CN(C(=O)OC(C)(C)C)CCC2=O)n1. The summed E-state index contributed by atoms with van der Waals surface area (Å²) in [7, 11) is 0. The summed E-state index contributed by atoms with van der Waals surface area (Å²) >= 11 is 0. The maximum absolute atomic E-state index is 12.9. The molecule has 0 aliphatic carbocycles. The molecule has 1 saturated heterocycles. The fourth-order valence-corrected chi connectivity index (χ4v) is 3.02. The Hall–Kier alpha value is -2.18. The number of aromatic nitrogens is 2. The van der Waals surface area contributed by atoms with Crippen LogP contribution in [0.1, 0.15) is 51.5 Å². The van der Waals surface area contributed by atoms with E-state index in [2.05, 4.69) is 5.10 Å². The second-order valence-electron chi connectivity index (χ2n) is 7.65. The van der Waals surface area contributed by atoms with Gasteiger partial charge >= 0.3 is 6.09 Å². The average molecular weight is 349 g/mol. The second kappa shape index (κ2) is 6.98. The summed E-state index contributed by atoms with van der Waals surface area (Å²) in [4.78, 5) is 38.8. The molecule has 0 aromatic carbocycles. The minimum atomic E-state index is -0.833. The van der Waals surface area contributed by atoms with Crippen LogP contribution >= 0.6 is 0 Å². The van der Waals surface area contributed by atoms with Crippen molar-refractivity contribution < 1.29 is 19.1 Å². The van der Waals surface area contributed by atoms with Crippen LogP contribution in [0.3, 0.4) is 0 Å². The Morgan fingerprint density at radius 1 is 1.32 bits per heavy atom. The molecule has 25 heavy (non-hydrogen) atoms. The minimum Gasteiger partial charge on any atom is -0.444 e. The Labute approximate surface area is 148 Å². The molecule has 0 radical (unpaired) electrons. The predicted octanol–water partition coefficient (Wildman–Crippen LogP) is 2.46. The van der Waals surface area contributed by atoms with E-state index in [-0.39, 0.29) is 31.1 Å². The molecule has 1 amide bonds. The van der Waals surface area contributed by atoms with Gasteiger partial charge in [0.1, 0.15) is 17.4 Å². The van der Waals surface area contributed by atoms with Crippen LogP contribution in [0.5, 0.6) is 0 Å². The molecule has 2 atom stereocenters. The number of carbonyl (C=O) groups is 3. The molecule has 7 heteroatoms. The lowest BCUT2D eigenvalue weighted by Gasteiger charge is -2.33. The molecule has 1 fully saturated rings. The first-order valence-electron chi connectivity index (χ1n) is 8.56. The van der Waals surface area contributed by atoms with Gasteiger partial charge in [-0.15, -0.1) is 0 Å². The highest BCUT2D eigenvalue weighted by atomic mass is 16.6. The van der Waals surface area contributed by atoms with Gasteiger partial charge < -0.3 is 9.64 Å². The lowest BCUT2D eigenvalue weighted by Crippen LogP contribution is -2.49. The maximum Gasteiger partial charge on any atom is 0.410 e. The molecule has 1 aromatic rings. The standard InChI is InChI=1S/C18H27N3O4/c1-11-9-12(2)21(19-11)13(3)16(23)14-10-20(8-7-15(14)22)17(24)25-18(4,5)6/h9,13-14H,7-8,10H2,1-6H3. The van der Waals surface area contributed by atoms with E-state index in [1.54, 1.807) is 32.4 Å². The van der Waals surface area contributed by atoms with Gasteiger partial charge in [0.15, 0.2) is 5.78 Å². The molecular weight excluding hydrogens is 322 g/mol. The van der Waals surface area contributed by atoms with Gasteiger partial charge in [-0.05, 0) is 47.6 Å². The zero-order chi connectivity index (χ0) is 18.9. The topological polar surface area (TPSA) is 81.5 Å². The van der Waals surface area contributed by atoms with Gasteiger partial charge in [-0.3, -0.25) is 14.3 Å². The van der Waals surface area contributed by atoms with Gasteiger partial charge in [0, 0.05) is 25.2 Å². The summed E-state index contributed by atoms with van der Waals surface area (Å²) in [6, 6.07) is 1.33. The molecule has 0 saturated carbocycles. The molecule has 0 spiro atoms. The number of carbonyl (C=O) groups excluding carboxylic acids is 3. The number of hydrogen-bond acceptors (Lipinski definition) is 5.